The summed E-state index contributed by atoms with van der Waals surface area (Å²) in [6.07, 6.45) is 2.52. The predicted molar refractivity (Wildman–Crippen MR) is 49.1 cm³/mol. The average Bonchev–Trinajstić information content (AvgIpc) is 2.18. The van der Waals surface area contributed by atoms with Gasteiger partial charge < -0.3 is 9.47 Å². The van der Waals surface area contributed by atoms with Crippen molar-refractivity contribution in [2.75, 3.05) is 14.2 Å². The second-order valence-corrected chi connectivity index (χ2v) is 2.05. The third kappa shape index (κ3) is 13.6. The Bertz CT molecular complexity index is 163. The first-order chi connectivity index (χ1) is 6.12. The largest absolute Gasteiger partial charge is 0.469 e. The molecule has 0 fully saturated rings. The van der Waals surface area contributed by atoms with Crippen molar-refractivity contribution < 1.29 is 19.1 Å². The van der Waals surface area contributed by atoms with E-state index >= 15 is 0 Å². The van der Waals surface area contributed by atoms with E-state index < -0.39 is 5.97 Å². The summed E-state index contributed by atoms with van der Waals surface area (Å²) in [6, 6.07) is 0. The van der Waals surface area contributed by atoms with E-state index in [-0.39, 0.29) is 5.97 Å². The van der Waals surface area contributed by atoms with Crippen LogP contribution in [0.3, 0.4) is 0 Å². The lowest BCUT2D eigenvalue weighted by molar-refractivity contribution is -0.140. The van der Waals surface area contributed by atoms with Crippen molar-refractivity contribution >= 4 is 11.9 Å². The molecule has 0 aliphatic rings. The molecule has 0 aromatic heterocycles. The number of hydrogen-bond donors (Lipinski definition) is 0. The number of esters is 2. The smallest absolute Gasteiger partial charge is 0.329 e. The molecule has 0 heterocycles. The van der Waals surface area contributed by atoms with Gasteiger partial charge in [0.25, 0.3) is 0 Å². The Hall–Kier alpha value is -1.32. The van der Waals surface area contributed by atoms with Crippen LogP contribution in [0.2, 0.25) is 0 Å². The standard InChI is InChI=1S/C5H10O2.C4H6O2/c1-3-4-5(6)7-2;1-3-4(5)6-2/h3-4H2,1-2H3;3H,1H2,2H3. The van der Waals surface area contributed by atoms with Crippen LogP contribution in [0.4, 0.5) is 0 Å². The number of carbonyl (C=O) groups excluding carboxylic acids is 2. The van der Waals surface area contributed by atoms with E-state index in [0.717, 1.165) is 12.5 Å². The Labute approximate surface area is 78.5 Å². The van der Waals surface area contributed by atoms with Gasteiger partial charge in [0.2, 0.25) is 0 Å². The topological polar surface area (TPSA) is 52.6 Å². The van der Waals surface area contributed by atoms with Crippen LogP contribution in [0.25, 0.3) is 0 Å². The van der Waals surface area contributed by atoms with Gasteiger partial charge in [0, 0.05) is 12.5 Å². The first-order valence-corrected chi connectivity index (χ1v) is 3.89. The van der Waals surface area contributed by atoms with Gasteiger partial charge in [-0.05, 0) is 6.42 Å². The number of methoxy groups -OCH3 is 2. The SMILES string of the molecule is C=CC(=O)OC.CCCC(=O)OC. The summed E-state index contributed by atoms with van der Waals surface area (Å²) in [6.45, 7) is 5.10. The fraction of sp³-hybridized carbons (Fsp3) is 0.556. The summed E-state index contributed by atoms with van der Waals surface area (Å²) < 4.78 is 8.49. The molecule has 0 rings (SSSR count). The molecule has 0 saturated heterocycles. The van der Waals surface area contributed by atoms with Crippen molar-refractivity contribution in [1.29, 1.82) is 0 Å². The number of ether oxygens (including phenoxy) is 2. The quantitative estimate of drug-likeness (QED) is 0.495. The number of hydrogen-bond acceptors (Lipinski definition) is 4. The molecular weight excluding hydrogens is 172 g/mol. The first-order valence-electron chi connectivity index (χ1n) is 3.89. The lowest BCUT2D eigenvalue weighted by Gasteiger charge is -1.91. The van der Waals surface area contributed by atoms with E-state index in [1.165, 1.54) is 14.2 Å². The molecule has 4 heteroatoms. The monoisotopic (exact) mass is 188 g/mol. The molecule has 0 aliphatic carbocycles. The second-order valence-electron chi connectivity index (χ2n) is 2.05. The van der Waals surface area contributed by atoms with Crippen LogP contribution < -0.4 is 0 Å². The van der Waals surface area contributed by atoms with Crippen LogP contribution in [0.15, 0.2) is 12.7 Å². The molecule has 0 aromatic carbocycles. The fourth-order valence-corrected chi connectivity index (χ4v) is 0.390. The van der Waals surface area contributed by atoms with Gasteiger partial charge in [0.1, 0.15) is 0 Å². The molecule has 76 valence electrons. The molecule has 0 aliphatic heterocycles. The average molecular weight is 188 g/mol. The first kappa shape index (κ1) is 14.2. The van der Waals surface area contributed by atoms with E-state index in [0.29, 0.717) is 6.42 Å². The molecule has 0 N–H and O–H groups in total. The van der Waals surface area contributed by atoms with Crippen molar-refractivity contribution in [3.63, 3.8) is 0 Å². The highest BCUT2D eigenvalue weighted by Crippen LogP contribution is 1.86. The maximum absolute atomic E-state index is 10.2. The van der Waals surface area contributed by atoms with Crippen molar-refractivity contribution in [3.05, 3.63) is 12.7 Å². The number of carbonyl (C=O) groups is 2. The van der Waals surface area contributed by atoms with Gasteiger partial charge in [-0.15, -0.1) is 0 Å². The highest BCUT2D eigenvalue weighted by molar-refractivity contribution is 5.80. The maximum atomic E-state index is 10.2. The third-order valence-electron chi connectivity index (χ3n) is 1.05. The minimum absolute atomic E-state index is 0.123. The molecule has 13 heavy (non-hydrogen) atoms. The summed E-state index contributed by atoms with van der Waals surface area (Å²) in [5, 5.41) is 0. The Kier molecular flexibility index (Phi) is 11.7. The molecule has 0 bridgehead atoms. The van der Waals surface area contributed by atoms with Crippen molar-refractivity contribution in [3.8, 4) is 0 Å². The highest BCUT2D eigenvalue weighted by Gasteiger charge is 1.92. The second kappa shape index (κ2) is 10.7. The van der Waals surface area contributed by atoms with Crippen LogP contribution in [-0.4, -0.2) is 26.2 Å². The van der Waals surface area contributed by atoms with Crippen LogP contribution in [0.5, 0.6) is 0 Å². The molecule has 0 aromatic rings. The fourth-order valence-electron chi connectivity index (χ4n) is 0.390. The van der Waals surface area contributed by atoms with Gasteiger partial charge in [-0.3, -0.25) is 4.79 Å². The Morgan fingerprint density at radius 2 is 1.85 bits per heavy atom. The third-order valence-corrected chi connectivity index (χ3v) is 1.05. The summed E-state index contributed by atoms with van der Waals surface area (Å²) >= 11 is 0. The van der Waals surface area contributed by atoms with E-state index in [1.54, 1.807) is 0 Å². The van der Waals surface area contributed by atoms with Crippen molar-refractivity contribution in [2.45, 2.75) is 19.8 Å². The van der Waals surface area contributed by atoms with E-state index in [4.69, 9.17) is 0 Å². The molecule has 0 amide bonds. The van der Waals surface area contributed by atoms with Gasteiger partial charge in [0.05, 0.1) is 14.2 Å². The van der Waals surface area contributed by atoms with Crippen LogP contribution in [-0.2, 0) is 19.1 Å². The lowest BCUT2D eigenvalue weighted by Crippen LogP contribution is -1.97. The lowest BCUT2D eigenvalue weighted by atomic mass is 10.3. The van der Waals surface area contributed by atoms with Crippen LogP contribution in [0, 0.1) is 0 Å². The van der Waals surface area contributed by atoms with Gasteiger partial charge >= 0.3 is 11.9 Å². The Morgan fingerprint density at radius 1 is 1.31 bits per heavy atom. The van der Waals surface area contributed by atoms with Gasteiger partial charge in [-0.2, -0.15) is 0 Å². The maximum Gasteiger partial charge on any atom is 0.329 e. The Balaban J connectivity index is 0. The summed E-state index contributed by atoms with van der Waals surface area (Å²) in [5.74, 6) is -0.516. The molecule has 0 unspecified atom stereocenters. The zero-order valence-corrected chi connectivity index (χ0v) is 8.33. The van der Waals surface area contributed by atoms with E-state index in [2.05, 4.69) is 16.1 Å². The molecule has 0 radical (unpaired) electrons. The predicted octanol–water partition coefficient (Wildman–Crippen LogP) is 1.30. The van der Waals surface area contributed by atoms with Crippen LogP contribution in [0.1, 0.15) is 19.8 Å². The molecule has 0 spiro atoms. The minimum Gasteiger partial charge on any atom is -0.469 e. The number of rotatable bonds is 3. The van der Waals surface area contributed by atoms with E-state index in [1.807, 2.05) is 6.92 Å². The summed E-state index contributed by atoms with van der Waals surface area (Å²) in [5.41, 5.74) is 0. The van der Waals surface area contributed by atoms with Crippen molar-refractivity contribution in [2.24, 2.45) is 0 Å². The van der Waals surface area contributed by atoms with Crippen molar-refractivity contribution in [1.82, 2.24) is 0 Å². The Morgan fingerprint density at radius 3 is 1.92 bits per heavy atom. The molecule has 0 saturated carbocycles. The normalized spacial score (nSPS) is 7.62. The van der Waals surface area contributed by atoms with E-state index in [9.17, 15) is 9.59 Å². The minimum atomic E-state index is -0.394. The summed E-state index contributed by atoms with van der Waals surface area (Å²) in [4.78, 5) is 20.0. The van der Waals surface area contributed by atoms with Crippen LogP contribution >= 0.6 is 0 Å². The molecule has 0 atom stereocenters. The van der Waals surface area contributed by atoms with Gasteiger partial charge in [-0.25, -0.2) is 4.79 Å². The highest BCUT2D eigenvalue weighted by atomic mass is 16.5. The van der Waals surface area contributed by atoms with Gasteiger partial charge in [-0.1, -0.05) is 13.5 Å². The molecule has 4 nitrogen and oxygen atoms in total. The zero-order valence-electron chi connectivity index (χ0n) is 8.33. The van der Waals surface area contributed by atoms with Gasteiger partial charge in [0.15, 0.2) is 0 Å². The molecular formula is C9H16O4. The zero-order chi connectivity index (χ0) is 10.7. The summed E-state index contributed by atoms with van der Waals surface area (Å²) in [7, 11) is 2.71.